The van der Waals surface area contributed by atoms with Crippen molar-refractivity contribution < 1.29 is 9.47 Å². The summed E-state index contributed by atoms with van der Waals surface area (Å²) in [7, 11) is 1.70. The maximum Gasteiger partial charge on any atom is 0.146 e. The molecule has 0 unspecified atom stereocenters. The third kappa shape index (κ3) is 5.11. The SMILES string of the molecule is C=C[C@@H](CCCC)[C@@H](OCOC)C1CCCCC1. The zero-order chi connectivity index (χ0) is 13.2. The Hall–Kier alpha value is -0.340. The summed E-state index contributed by atoms with van der Waals surface area (Å²) in [5.41, 5.74) is 0. The quantitative estimate of drug-likeness (QED) is 0.444. The molecule has 106 valence electrons. The molecule has 2 atom stereocenters. The van der Waals surface area contributed by atoms with Crippen LogP contribution in [0.3, 0.4) is 0 Å². The molecule has 1 fully saturated rings. The molecule has 0 aromatic carbocycles. The Morgan fingerprint density at radius 2 is 2.00 bits per heavy atom. The zero-order valence-electron chi connectivity index (χ0n) is 12.2. The van der Waals surface area contributed by atoms with E-state index in [-0.39, 0.29) is 0 Å². The molecule has 0 aromatic heterocycles. The van der Waals surface area contributed by atoms with Crippen LogP contribution in [0, 0.1) is 11.8 Å². The minimum absolute atomic E-state index is 0.314. The zero-order valence-corrected chi connectivity index (χ0v) is 12.2. The fourth-order valence-corrected chi connectivity index (χ4v) is 3.07. The van der Waals surface area contributed by atoms with Gasteiger partial charge in [-0.1, -0.05) is 45.1 Å². The van der Waals surface area contributed by atoms with E-state index in [4.69, 9.17) is 9.47 Å². The van der Waals surface area contributed by atoms with Gasteiger partial charge >= 0.3 is 0 Å². The number of methoxy groups -OCH3 is 1. The topological polar surface area (TPSA) is 18.5 Å². The van der Waals surface area contributed by atoms with Gasteiger partial charge in [-0.25, -0.2) is 0 Å². The van der Waals surface area contributed by atoms with Crippen molar-refractivity contribution in [1.82, 2.24) is 0 Å². The number of ether oxygens (including phenoxy) is 2. The van der Waals surface area contributed by atoms with Gasteiger partial charge in [-0.15, -0.1) is 6.58 Å². The van der Waals surface area contributed by atoms with E-state index >= 15 is 0 Å². The van der Waals surface area contributed by atoms with Crippen LogP contribution >= 0.6 is 0 Å². The second-order valence-electron chi connectivity index (χ2n) is 5.48. The number of hydrogen-bond donors (Lipinski definition) is 0. The lowest BCUT2D eigenvalue weighted by Crippen LogP contribution is -2.33. The average molecular weight is 254 g/mol. The minimum atomic E-state index is 0.314. The van der Waals surface area contributed by atoms with Gasteiger partial charge in [0.1, 0.15) is 6.79 Å². The smallest absolute Gasteiger partial charge is 0.146 e. The summed E-state index contributed by atoms with van der Waals surface area (Å²) in [5, 5.41) is 0. The van der Waals surface area contributed by atoms with Crippen molar-refractivity contribution in [2.75, 3.05) is 13.9 Å². The lowest BCUT2D eigenvalue weighted by Gasteiger charge is -2.34. The highest BCUT2D eigenvalue weighted by Gasteiger charge is 2.29. The normalized spacial score (nSPS) is 20.6. The van der Waals surface area contributed by atoms with Crippen molar-refractivity contribution in [2.24, 2.45) is 11.8 Å². The van der Waals surface area contributed by atoms with Crippen LogP contribution in [0.15, 0.2) is 12.7 Å². The first kappa shape index (κ1) is 15.7. The van der Waals surface area contributed by atoms with Crippen molar-refractivity contribution >= 4 is 0 Å². The second kappa shape index (κ2) is 9.57. The van der Waals surface area contributed by atoms with Crippen LogP contribution < -0.4 is 0 Å². The number of hydrogen-bond acceptors (Lipinski definition) is 2. The molecule has 1 saturated carbocycles. The molecule has 0 aromatic rings. The summed E-state index contributed by atoms with van der Waals surface area (Å²) >= 11 is 0. The maximum absolute atomic E-state index is 5.99. The van der Waals surface area contributed by atoms with Crippen molar-refractivity contribution in [3.05, 3.63) is 12.7 Å². The van der Waals surface area contributed by atoms with E-state index in [0.717, 1.165) is 0 Å². The summed E-state index contributed by atoms with van der Waals surface area (Å²) in [4.78, 5) is 0. The molecular formula is C16H30O2. The van der Waals surface area contributed by atoms with Crippen LogP contribution in [-0.2, 0) is 9.47 Å². The molecule has 0 heterocycles. The maximum atomic E-state index is 5.99. The van der Waals surface area contributed by atoms with Gasteiger partial charge in [0.25, 0.3) is 0 Å². The van der Waals surface area contributed by atoms with Crippen LogP contribution in [-0.4, -0.2) is 20.0 Å². The van der Waals surface area contributed by atoms with Gasteiger partial charge in [-0.3, -0.25) is 0 Å². The summed E-state index contributed by atoms with van der Waals surface area (Å²) in [6.45, 7) is 6.67. The number of rotatable bonds is 9. The molecule has 0 saturated heterocycles. The lowest BCUT2D eigenvalue weighted by molar-refractivity contribution is -0.111. The summed E-state index contributed by atoms with van der Waals surface area (Å²) in [5.74, 6) is 1.19. The van der Waals surface area contributed by atoms with E-state index in [2.05, 4.69) is 19.6 Å². The Morgan fingerprint density at radius 1 is 1.28 bits per heavy atom. The summed E-state index contributed by atoms with van der Waals surface area (Å²) < 4.78 is 11.1. The van der Waals surface area contributed by atoms with Gasteiger partial charge in [-0.05, 0) is 25.2 Å². The van der Waals surface area contributed by atoms with Crippen molar-refractivity contribution in [2.45, 2.75) is 64.4 Å². The van der Waals surface area contributed by atoms with E-state index in [1.54, 1.807) is 7.11 Å². The third-order valence-corrected chi connectivity index (χ3v) is 4.11. The highest BCUT2D eigenvalue weighted by Crippen LogP contribution is 2.33. The number of unbranched alkanes of at least 4 members (excludes halogenated alkanes) is 1. The molecule has 0 amide bonds. The van der Waals surface area contributed by atoms with Gasteiger partial charge in [-0.2, -0.15) is 0 Å². The van der Waals surface area contributed by atoms with E-state index in [1.165, 1.54) is 51.4 Å². The first-order valence-electron chi connectivity index (χ1n) is 7.56. The molecule has 2 nitrogen and oxygen atoms in total. The Kier molecular flexibility index (Phi) is 8.36. The van der Waals surface area contributed by atoms with Crippen molar-refractivity contribution in [3.8, 4) is 0 Å². The molecule has 0 bridgehead atoms. The summed E-state index contributed by atoms with van der Waals surface area (Å²) in [6.07, 6.45) is 12.8. The van der Waals surface area contributed by atoms with Crippen LogP contribution in [0.5, 0.6) is 0 Å². The predicted octanol–water partition coefficient (Wildman–Crippen LogP) is 4.55. The Bertz CT molecular complexity index is 209. The highest BCUT2D eigenvalue weighted by atomic mass is 16.7. The monoisotopic (exact) mass is 254 g/mol. The predicted molar refractivity (Wildman–Crippen MR) is 76.5 cm³/mol. The van der Waals surface area contributed by atoms with Gasteiger partial charge in [0, 0.05) is 13.0 Å². The molecule has 0 radical (unpaired) electrons. The molecule has 1 rings (SSSR count). The molecule has 1 aliphatic carbocycles. The Labute approximate surface area is 113 Å². The minimum Gasteiger partial charge on any atom is -0.359 e. The van der Waals surface area contributed by atoms with E-state index in [0.29, 0.717) is 24.7 Å². The molecular weight excluding hydrogens is 224 g/mol. The molecule has 0 spiro atoms. The van der Waals surface area contributed by atoms with Crippen LogP contribution in [0.4, 0.5) is 0 Å². The van der Waals surface area contributed by atoms with Crippen LogP contribution in [0.1, 0.15) is 58.3 Å². The fourth-order valence-electron chi connectivity index (χ4n) is 3.07. The van der Waals surface area contributed by atoms with Gasteiger partial charge in [0.2, 0.25) is 0 Å². The van der Waals surface area contributed by atoms with Gasteiger partial charge < -0.3 is 9.47 Å². The molecule has 1 aliphatic rings. The van der Waals surface area contributed by atoms with Gasteiger partial charge in [0.05, 0.1) is 6.10 Å². The fraction of sp³-hybridized carbons (Fsp3) is 0.875. The Balaban J connectivity index is 2.57. The van der Waals surface area contributed by atoms with E-state index < -0.39 is 0 Å². The highest BCUT2D eigenvalue weighted by molar-refractivity contribution is 4.90. The van der Waals surface area contributed by atoms with Crippen LogP contribution in [0.25, 0.3) is 0 Å². The standard InChI is InChI=1S/C16H30O2/c1-4-6-10-14(5-2)16(18-13-17-3)15-11-8-7-9-12-15/h5,14-16H,2,4,6-13H2,1,3H3/t14-,16+/m0/s1. The van der Waals surface area contributed by atoms with E-state index in [9.17, 15) is 0 Å². The third-order valence-electron chi connectivity index (χ3n) is 4.11. The lowest BCUT2D eigenvalue weighted by atomic mass is 9.79. The first-order valence-corrected chi connectivity index (χ1v) is 7.56. The first-order chi connectivity index (χ1) is 8.83. The summed E-state index contributed by atoms with van der Waals surface area (Å²) in [6, 6.07) is 0. The van der Waals surface area contributed by atoms with Crippen molar-refractivity contribution in [3.63, 3.8) is 0 Å². The molecule has 0 aliphatic heterocycles. The van der Waals surface area contributed by atoms with Crippen LogP contribution in [0.2, 0.25) is 0 Å². The largest absolute Gasteiger partial charge is 0.359 e. The Morgan fingerprint density at radius 3 is 2.56 bits per heavy atom. The second-order valence-corrected chi connectivity index (χ2v) is 5.48. The van der Waals surface area contributed by atoms with E-state index in [1.807, 2.05) is 0 Å². The molecule has 2 heteroatoms. The molecule has 0 N–H and O–H groups in total. The average Bonchev–Trinajstić information content (AvgIpc) is 2.43. The molecule has 18 heavy (non-hydrogen) atoms. The van der Waals surface area contributed by atoms with Crippen molar-refractivity contribution in [1.29, 1.82) is 0 Å². The van der Waals surface area contributed by atoms with Gasteiger partial charge in [0.15, 0.2) is 0 Å².